The van der Waals surface area contributed by atoms with Gasteiger partial charge in [0.15, 0.2) is 5.78 Å². The van der Waals surface area contributed by atoms with Crippen molar-refractivity contribution in [3.05, 3.63) is 64.7 Å². The Morgan fingerprint density at radius 1 is 1.00 bits per heavy atom. The zero-order valence-electron chi connectivity index (χ0n) is 16.4. The molecule has 2 aliphatic rings. The maximum absolute atomic E-state index is 12.8. The van der Waals surface area contributed by atoms with Crippen LogP contribution < -0.4 is 4.74 Å². The zero-order chi connectivity index (χ0) is 19.5. The number of carbonyl (C=O) groups is 2. The first-order chi connectivity index (χ1) is 13.7. The van der Waals surface area contributed by atoms with Gasteiger partial charge in [0, 0.05) is 24.9 Å². The highest BCUT2D eigenvalue weighted by Gasteiger charge is 2.30. The minimum Gasteiger partial charge on any atom is -0.497 e. The highest BCUT2D eigenvalue weighted by molar-refractivity contribution is 5.98. The summed E-state index contributed by atoms with van der Waals surface area (Å²) >= 11 is 0. The molecular formula is C24H27NO3. The van der Waals surface area contributed by atoms with Crippen molar-refractivity contribution in [3.8, 4) is 5.75 Å². The van der Waals surface area contributed by atoms with Gasteiger partial charge in [0.2, 0.25) is 5.91 Å². The molecule has 4 heteroatoms. The molecule has 4 rings (SSSR count). The number of benzene rings is 2. The van der Waals surface area contributed by atoms with Gasteiger partial charge >= 0.3 is 0 Å². The SMILES string of the molecule is COc1ccc(C2CCCN2C(=O)CCC(=O)c2ccc3c(c2)CCC3)cc1. The number of ether oxygens (including phenoxy) is 1. The molecule has 4 nitrogen and oxygen atoms in total. The minimum atomic E-state index is 0.0724. The second kappa shape index (κ2) is 8.17. The molecule has 0 radical (unpaired) electrons. The Hall–Kier alpha value is -2.62. The van der Waals surface area contributed by atoms with Gasteiger partial charge in [-0.2, -0.15) is 0 Å². The van der Waals surface area contributed by atoms with Crippen LogP contribution in [-0.2, 0) is 17.6 Å². The molecule has 1 heterocycles. The number of hydrogen-bond donors (Lipinski definition) is 0. The van der Waals surface area contributed by atoms with Crippen molar-refractivity contribution in [2.45, 2.75) is 51.0 Å². The van der Waals surface area contributed by atoms with Crippen LogP contribution in [0, 0.1) is 0 Å². The molecule has 1 atom stereocenters. The fraction of sp³-hybridized carbons (Fsp3) is 0.417. The molecule has 1 amide bonds. The molecule has 1 saturated heterocycles. The lowest BCUT2D eigenvalue weighted by Crippen LogP contribution is -2.30. The van der Waals surface area contributed by atoms with Crippen molar-refractivity contribution in [1.29, 1.82) is 0 Å². The van der Waals surface area contributed by atoms with Gasteiger partial charge in [-0.15, -0.1) is 0 Å². The smallest absolute Gasteiger partial charge is 0.223 e. The van der Waals surface area contributed by atoms with Crippen LogP contribution in [0.1, 0.15) is 65.2 Å². The molecule has 1 aliphatic carbocycles. The van der Waals surface area contributed by atoms with E-state index in [2.05, 4.69) is 6.07 Å². The van der Waals surface area contributed by atoms with Crippen molar-refractivity contribution >= 4 is 11.7 Å². The van der Waals surface area contributed by atoms with Crippen molar-refractivity contribution in [3.63, 3.8) is 0 Å². The lowest BCUT2D eigenvalue weighted by atomic mass is 10.0. The first-order valence-corrected chi connectivity index (χ1v) is 10.2. The largest absolute Gasteiger partial charge is 0.497 e. The van der Waals surface area contributed by atoms with Crippen LogP contribution in [0.25, 0.3) is 0 Å². The van der Waals surface area contributed by atoms with E-state index in [-0.39, 0.29) is 30.6 Å². The molecule has 0 saturated carbocycles. The van der Waals surface area contributed by atoms with Gasteiger partial charge < -0.3 is 9.64 Å². The number of hydrogen-bond acceptors (Lipinski definition) is 3. The normalized spacial score (nSPS) is 18.2. The van der Waals surface area contributed by atoms with E-state index in [0.29, 0.717) is 0 Å². The highest BCUT2D eigenvalue weighted by atomic mass is 16.5. The van der Waals surface area contributed by atoms with Gasteiger partial charge in [0.25, 0.3) is 0 Å². The number of ketones is 1. The zero-order valence-corrected chi connectivity index (χ0v) is 16.4. The van der Waals surface area contributed by atoms with E-state index < -0.39 is 0 Å². The molecular weight excluding hydrogens is 350 g/mol. The van der Waals surface area contributed by atoms with Crippen molar-refractivity contribution in [1.82, 2.24) is 4.90 Å². The molecule has 2 aromatic rings. The summed E-state index contributed by atoms with van der Waals surface area (Å²) in [7, 11) is 1.65. The molecule has 1 aliphatic heterocycles. The first kappa shape index (κ1) is 18.7. The summed E-state index contributed by atoms with van der Waals surface area (Å²) in [4.78, 5) is 27.4. The minimum absolute atomic E-state index is 0.0724. The molecule has 1 fully saturated rings. The quantitative estimate of drug-likeness (QED) is 0.696. The van der Waals surface area contributed by atoms with E-state index in [9.17, 15) is 9.59 Å². The summed E-state index contributed by atoms with van der Waals surface area (Å²) in [6, 6.07) is 14.1. The molecule has 28 heavy (non-hydrogen) atoms. The number of carbonyl (C=O) groups excluding carboxylic acids is 2. The first-order valence-electron chi connectivity index (χ1n) is 10.2. The van der Waals surface area contributed by atoms with E-state index in [0.717, 1.165) is 49.1 Å². The molecule has 1 unspecified atom stereocenters. The number of aryl methyl sites for hydroxylation is 2. The van der Waals surface area contributed by atoms with E-state index in [1.165, 1.54) is 17.5 Å². The number of rotatable bonds is 6. The van der Waals surface area contributed by atoms with Gasteiger partial charge in [-0.3, -0.25) is 9.59 Å². The predicted octanol–water partition coefficient (Wildman–Crippen LogP) is 4.51. The lowest BCUT2D eigenvalue weighted by Gasteiger charge is -2.25. The van der Waals surface area contributed by atoms with Crippen LogP contribution in [0.5, 0.6) is 5.75 Å². The van der Waals surface area contributed by atoms with Crippen LogP contribution in [0.3, 0.4) is 0 Å². The van der Waals surface area contributed by atoms with Crippen molar-refractivity contribution < 1.29 is 14.3 Å². The highest BCUT2D eigenvalue weighted by Crippen LogP contribution is 2.33. The third-order valence-electron chi connectivity index (χ3n) is 6.06. The summed E-state index contributed by atoms with van der Waals surface area (Å²) in [6.45, 7) is 0.766. The maximum atomic E-state index is 12.8. The number of methoxy groups -OCH3 is 1. The van der Waals surface area contributed by atoms with Crippen LogP contribution >= 0.6 is 0 Å². The lowest BCUT2D eigenvalue weighted by molar-refractivity contribution is -0.132. The van der Waals surface area contributed by atoms with Gasteiger partial charge in [0.05, 0.1) is 13.2 Å². The average molecular weight is 377 g/mol. The van der Waals surface area contributed by atoms with E-state index in [1.807, 2.05) is 41.3 Å². The standard InChI is InChI=1S/C24H27NO3/c1-28-21-11-9-18(10-12-21)22-6-3-15-25(22)24(27)14-13-23(26)20-8-7-17-4-2-5-19(17)16-20/h7-12,16,22H,2-6,13-15H2,1H3. The summed E-state index contributed by atoms with van der Waals surface area (Å²) in [5, 5.41) is 0. The fourth-order valence-electron chi connectivity index (χ4n) is 4.49. The Balaban J connectivity index is 1.37. The number of likely N-dealkylation sites (tertiary alicyclic amines) is 1. The van der Waals surface area contributed by atoms with Crippen LogP contribution in [0.15, 0.2) is 42.5 Å². The number of amides is 1. The Morgan fingerprint density at radius 3 is 2.57 bits per heavy atom. The molecule has 0 aromatic heterocycles. The summed E-state index contributed by atoms with van der Waals surface area (Å²) in [6.07, 6.45) is 5.88. The van der Waals surface area contributed by atoms with E-state index in [4.69, 9.17) is 4.74 Å². The summed E-state index contributed by atoms with van der Waals surface area (Å²) < 4.78 is 5.22. The van der Waals surface area contributed by atoms with Gasteiger partial charge in [-0.05, 0) is 67.0 Å². The number of nitrogens with zero attached hydrogens (tertiary/aromatic N) is 1. The van der Waals surface area contributed by atoms with Crippen LogP contribution in [0.2, 0.25) is 0 Å². The fourth-order valence-corrected chi connectivity index (χ4v) is 4.49. The maximum Gasteiger partial charge on any atom is 0.223 e. The number of fused-ring (bicyclic) bond motifs is 1. The second-order valence-electron chi connectivity index (χ2n) is 7.78. The Labute approximate surface area is 166 Å². The van der Waals surface area contributed by atoms with Crippen molar-refractivity contribution in [2.24, 2.45) is 0 Å². The van der Waals surface area contributed by atoms with Gasteiger partial charge in [-0.1, -0.05) is 24.3 Å². The van der Waals surface area contributed by atoms with Crippen LogP contribution in [-0.4, -0.2) is 30.2 Å². The monoisotopic (exact) mass is 377 g/mol. The van der Waals surface area contributed by atoms with Crippen LogP contribution in [0.4, 0.5) is 0 Å². The molecule has 2 aromatic carbocycles. The molecule has 0 bridgehead atoms. The number of Topliss-reactive ketones (excluding diaryl/α,β-unsaturated/α-hetero) is 1. The van der Waals surface area contributed by atoms with E-state index >= 15 is 0 Å². The third kappa shape index (κ3) is 3.82. The Bertz CT molecular complexity index is 872. The topological polar surface area (TPSA) is 46.6 Å². The predicted molar refractivity (Wildman–Crippen MR) is 109 cm³/mol. The van der Waals surface area contributed by atoms with Crippen molar-refractivity contribution in [2.75, 3.05) is 13.7 Å². The third-order valence-corrected chi connectivity index (χ3v) is 6.06. The van der Waals surface area contributed by atoms with E-state index in [1.54, 1.807) is 7.11 Å². The summed E-state index contributed by atoms with van der Waals surface area (Å²) in [5.74, 6) is 0.968. The van der Waals surface area contributed by atoms with Gasteiger partial charge in [0.1, 0.15) is 5.75 Å². The second-order valence-corrected chi connectivity index (χ2v) is 7.78. The van der Waals surface area contributed by atoms with Gasteiger partial charge in [-0.25, -0.2) is 0 Å². The Morgan fingerprint density at radius 2 is 1.79 bits per heavy atom. The Kier molecular flexibility index (Phi) is 5.47. The summed E-state index contributed by atoms with van der Waals surface area (Å²) in [5.41, 5.74) is 4.56. The average Bonchev–Trinajstić information content (AvgIpc) is 3.40. The molecule has 0 spiro atoms. The molecule has 0 N–H and O–H groups in total. The molecule has 146 valence electrons.